The van der Waals surface area contributed by atoms with Crippen LogP contribution in [0.1, 0.15) is 38.5 Å². The second-order valence-corrected chi connectivity index (χ2v) is 6.18. The van der Waals surface area contributed by atoms with Crippen LogP contribution in [-0.2, 0) is 0 Å². The second-order valence-electron chi connectivity index (χ2n) is 5.20. The van der Waals surface area contributed by atoms with Crippen molar-refractivity contribution in [3.05, 3.63) is 0 Å². The Morgan fingerprint density at radius 3 is 2.50 bits per heavy atom. The Bertz CT molecular complexity index is 186. The molecule has 2 nitrogen and oxygen atoms in total. The van der Waals surface area contributed by atoms with Gasteiger partial charge in [0.25, 0.3) is 0 Å². The summed E-state index contributed by atoms with van der Waals surface area (Å²) in [5.74, 6) is 1.32. The first-order valence-corrected chi connectivity index (χ1v) is 8.26. The number of unbranched alkanes of at least 4 members (excludes halogenated alkanes) is 1. The van der Waals surface area contributed by atoms with Gasteiger partial charge in [-0.25, -0.2) is 0 Å². The maximum Gasteiger partial charge on any atom is 0.00964 e. The highest BCUT2D eigenvalue weighted by atomic mass is 32.2. The van der Waals surface area contributed by atoms with Gasteiger partial charge in [0, 0.05) is 12.1 Å². The predicted octanol–water partition coefficient (Wildman–Crippen LogP) is 2.35. The highest BCUT2D eigenvalue weighted by molar-refractivity contribution is 7.98. The van der Waals surface area contributed by atoms with E-state index in [9.17, 15) is 0 Å². The molecule has 0 aromatic rings. The van der Waals surface area contributed by atoms with Gasteiger partial charge in [0.1, 0.15) is 0 Å². The molecule has 0 spiro atoms. The highest BCUT2D eigenvalue weighted by Crippen LogP contribution is 2.29. The Balaban J connectivity index is 1.48. The lowest BCUT2D eigenvalue weighted by Crippen LogP contribution is -2.43. The van der Waals surface area contributed by atoms with E-state index in [1.165, 1.54) is 63.9 Å². The Kier molecular flexibility index (Phi) is 5.46. The molecule has 1 N–H and O–H groups in total. The molecular weight excluding hydrogens is 216 g/mol. The minimum atomic E-state index is 0.810. The topological polar surface area (TPSA) is 15.3 Å². The molecule has 0 aromatic carbocycles. The highest BCUT2D eigenvalue weighted by Gasteiger charge is 2.31. The number of nitrogens with zero attached hydrogens (tertiary/aromatic N) is 1. The largest absolute Gasteiger partial charge is 0.314 e. The molecule has 0 amide bonds. The van der Waals surface area contributed by atoms with Crippen LogP contribution >= 0.6 is 11.8 Å². The van der Waals surface area contributed by atoms with E-state index >= 15 is 0 Å². The Morgan fingerprint density at radius 2 is 1.88 bits per heavy atom. The van der Waals surface area contributed by atoms with E-state index in [0.29, 0.717) is 0 Å². The van der Waals surface area contributed by atoms with Gasteiger partial charge in [-0.3, -0.25) is 0 Å². The van der Waals surface area contributed by atoms with E-state index in [2.05, 4.69) is 16.5 Å². The molecule has 0 radical (unpaired) electrons. The monoisotopic (exact) mass is 242 g/mol. The van der Waals surface area contributed by atoms with Crippen LogP contribution in [0, 0.1) is 0 Å². The van der Waals surface area contributed by atoms with E-state index in [4.69, 9.17) is 0 Å². The molecular formula is C13H26N2S. The summed E-state index contributed by atoms with van der Waals surface area (Å²) in [6.45, 7) is 3.91. The van der Waals surface area contributed by atoms with Crippen LogP contribution in [0.5, 0.6) is 0 Å². The van der Waals surface area contributed by atoms with Crippen molar-refractivity contribution in [2.75, 3.05) is 31.6 Å². The molecule has 2 aliphatic rings. The number of piperidine rings is 1. The third-order valence-electron chi connectivity index (χ3n) is 3.80. The molecule has 0 bridgehead atoms. The normalized spacial score (nSPS) is 23.8. The van der Waals surface area contributed by atoms with Crippen molar-refractivity contribution in [2.24, 2.45) is 0 Å². The molecule has 94 valence electrons. The number of rotatable bonds is 7. The van der Waals surface area contributed by atoms with E-state index in [1.807, 2.05) is 11.8 Å². The fourth-order valence-corrected chi connectivity index (χ4v) is 3.08. The summed E-state index contributed by atoms with van der Waals surface area (Å²) in [5, 5.41) is 3.72. The van der Waals surface area contributed by atoms with Crippen LogP contribution < -0.4 is 5.32 Å². The predicted molar refractivity (Wildman–Crippen MR) is 73.2 cm³/mol. The standard InChI is InChI=1S/C13H26N2S/c1-16-11-3-2-8-14-12-6-9-15(10-7-12)13-4-5-13/h12-14H,2-11H2,1H3. The van der Waals surface area contributed by atoms with E-state index in [0.717, 1.165) is 12.1 Å². The summed E-state index contributed by atoms with van der Waals surface area (Å²) in [7, 11) is 0. The molecule has 1 saturated heterocycles. The lowest BCUT2D eigenvalue weighted by atomic mass is 10.0. The molecule has 1 saturated carbocycles. The van der Waals surface area contributed by atoms with Gasteiger partial charge in [-0.15, -0.1) is 0 Å². The van der Waals surface area contributed by atoms with Crippen molar-refractivity contribution in [2.45, 2.75) is 50.6 Å². The average molecular weight is 242 g/mol. The van der Waals surface area contributed by atoms with E-state index in [-0.39, 0.29) is 0 Å². The van der Waals surface area contributed by atoms with Crippen LogP contribution in [0.2, 0.25) is 0 Å². The number of likely N-dealkylation sites (tertiary alicyclic amines) is 1. The fraction of sp³-hybridized carbons (Fsp3) is 1.00. The van der Waals surface area contributed by atoms with Crippen molar-refractivity contribution < 1.29 is 0 Å². The lowest BCUT2D eigenvalue weighted by molar-refractivity contribution is 0.189. The first kappa shape index (κ1) is 12.7. The second kappa shape index (κ2) is 6.87. The summed E-state index contributed by atoms with van der Waals surface area (Å²) >= 11 is 1.96. The van der Waals surface area contributed by atoms with Gasteiger partial charge in [0.15, 0.2) is 0 Å². The van der Waals surface area contributed by atoms with Gasteiger partial charge in [-0.2, -0.15) is 11.8 Å². The molecule has 3 heteroatoms. The Hall–Kier alpha value is 0.270. The molecule has 2 rings (SSSR count). The van der Waals surface area contributed by atoms with Gasteiger partial charge < -0.3 is 10.2 Å². The van der Waals surface area contributed by atoms with Crippen molar-refractivity contribution in [1.29, 1.82) is 0 Å². The molecule has 1 heterocycles. The van der Waals surface area contributed by atoms with Crippen molar-refractivity contribution >= 4 is 11.8 Å². The van der Waals surface area contributed by atoms with Gasteiger partial charge in [-0.05, 0) is 70.2 Å². The summed E-state index contributed by atoms with van der Waals surface area (Å²) < 4.78 is 0. The number of hydrogen-bond donors (Lipinski definition) is 1. The molecule has 1 aliphatic heterocycles. The molecule has 0 unspecified atom stereocenters. The minimum Gasteiger partial charge on any atom is -0.314 e. The van der Waals surface area contributed by atoms with Gasteiger partial charge >= 0.3 is 0 Å². The SMILES string of the molecule is CSCCCCNC1CCN(C2CC2)CC1. The van der Waals surface area contributed by atoms with Gasteiger partial charge in [0.2, 0.25) is 0 Å². The van der Waals surface area contributed by atoms with Crippen molar-refractivity contribution in [3.8, 4) is 0 Å². The number of thioether (sulfide) groups is 1. The number of nitrogens with one attached hydrogen (secondary N) is 1. The lowest BCUT2D eigenvalue weighted by Gasteiger charge is -2.32. The quantitative estimate of drug-likeness (QED) is 0.690. The Morgan fingerprint density at radius 1 is 1.12 bits per heavy atom. The van der Waals surface area contributed by atoms with Crippen molar-refractivity contribution in [1.82, 2.24) is 10.2 Å². The van der Waals surface area contributed by atoms with Gasteiger partial charge in [-0.1, -0.05) is 0 Å². The summed E-state index contributed by atoms with van der Waals surface area (Å²) in [5.41, 5.74) is 0. The van der Waals surface area contributed by atoms with E-state index < -0.39 is 0 Å². The van der Waals surface area contributed by atoms with Gasteiger partial charge in [0.05, 0.1) is 0 Å². The molecule has 16 heavy (non-hydrogen) atoms. The van der Waals surface area contributed by atoms with Crippen LogP contribution in [0.4, 0.5) is 0 Å². The summed E-state index contributed by atoms with van der Waals surface area (Å²) in [6, 6.07) is 1.78. The van der Waals surface area contributed by atoms with Crippen LogP contribution in [0.25, 0.3) is 0 Å². The third kappa shape index (κ3) is 4.27. The minimum absolute atomic E-state index is 0.810. The maximum atomic E-state index is 3.72. The number of hydrogen-bond acceptors (Lipinski definition) is 3. The average Bonchev–Trinajstić information content (AvgIpc) is 3.14. The third-order valence-corrected chi connectivity index (χ3v) is 4.50. The molecule has 0 atom stereocenters. The smallest absolute Gasteiger partial charge is 0.00964 e. The first-order chi connectivity index (χ1) is 7.90. The summed E-state index contributed by atoms with van der Waals surface area (Å²) in [4.78, 5) is 2.70. The maximum absolute atomic E-state index is 3.72. The molecule has 0 aromatic heterocycles. The zero-order chi connectivity index (χ0) is 11.2. The van der Waals surface area contributed by atoms with Crippen molar-refractivity contribution in [3.63, 3.8) is 0 Å². The van der Waals surface area contributed by atoms with Crippen LogP contribution in [-0.4, -0.2) is 48.6 Å². The zero-order valence-corrected chi connectivity index (χ0v) is 11.4. The van der Waals surface area contributed by atoms with E-state index in [1.54, 1.807) is 0 Å². The van der Waals surface area contributed by atoms with Crippen LogP contribution in [0.15, 0.2) is 0 Å². The fourth-order valence-electron chi connectivity index (χ4n) is 2.59. The van der Waals surface area contributed by atoms with Crippen LogP contribution in [0.3, 0.4) is 0 Å². The first-order valence-electron chi connectivity index (χ1n) is 6.86. The molecule has 2 fully saturated rings. The molecule has 1 aliphatic carbocycles. The zero-order valence-electron chi connectivity index (χ0n) is 10.6. The summed E-state index contributed by atoms with van der Waals surface area (Å²) in [6.07, 6.45) is 10.6. The Labute approximate surface area is 105 Å².